The maximum absolute atomic E-state index is 11.0. The van der Waals surface area contributed by atoms with E-state index in [0.717, 1.165) is 25.7 Å². The minimum absolute atomic E-state index is 0.0694. The zero-order chi connectivity index (χ0) is 12.0. The topological polar surface area (TPSA) is 46.5 Å². The second-order valence-electron chi connectivity index (χ2n) is 4.70. The highest BCUT2D eigenvalue weighted by molar-refractivity contribution is 5.72. The molecule has 0 aromatic rings. The molecule has 92 valence electrons. The van der Waals surface area contributed by atoms with Crippen molar-refractivity contribution in [2.24, 2.45) is 5.92 Å². The monoisotopic (exact) mass is 226 g/mol. The third-order valence-corrected chi connectivity index (χ3v) is 2.93. The number of rotatable bonds is 6. The maximum Gasteiger partial charge on any atom is 0.306 e. The second-order valence-corrected chi connectivity index (χ2v) is 4.70. The van der Waals surface area contributed by atoms with Gasteiger partial charge in [-0.25, -0.2) is 0 Å². The summed E-state index contributed by atoms with van der Waals surface area (Å²) in [4.78, 5) is 11.0. The molecule has 3 unspecified atom stereocenters. The Labute approximate surface area is 97.5 Å². The smallest absolute Gasteiger partial charge is 0.306 e. The van der Waals surface area contributed by atoms with Crippen molar-refractivity contribution >= 4 is 5.97 Å². The number of hydrogen-bond donors (Lipinski definition) is 1. The average molecular weight is 226 g/mol. The summed E-state index contributed by atoms with van der Waals surface area (Å²) in [5.41, 5.74) is 0. The van der Waals surface area contributed by atoms with Crippen LogP contribution >= 0.6 is 0 Å². The highest BCUT2D eigenvalue weighted by Crippen LogP contribution is 2.24. The molecule has 0 bridgehead atoms. The van der Waals surface area contributed by atoms with Crippen molar-refractivity contribution in [3.05, 3.63) is 12.2 Å². The maximum atomic E-state index is 11.0. The van der Waals surface area contributed by atoms with E-state index in [4.69, 9.17) is 9.84 Å². The van der Waals surface area contributed by atoms with Crippen LogP contribution in [0.15, 0.2) is 12.2 Å². The van der Waals surface area contributed by atoms with Crippen LogP contribution in [0.25, 0.3) is 0 Å². The van der Waals surface area contributed by atoms with Crippen LogP contribution < -0.4 is 0 Å². The number of ether oxygens (including phenoxy) is 1. The molecule has 1 rings (SSSR count). The first kappa shape index (κ1) is 13.2. The summed E-state index contributed by atoms with van der Waals surface area (Å²) in [6.45, 7) is 3.86. The number of hydrogen-bond acceptors (Lipinski definition) is 3. The van der Waals surface area contributed by atoms with E-state index in [1.54, 1.807) is 0 Å². The summed E-state index contributed by atoms with van der Waals surface area (Å²) < 4.78 is 5.19. The van der Waals surface area contributed by atoms with Crippen molar-refractivity contribution in [2.45, 2.75) is 58.2 Å². The second kappa shape index (κ2) is 6.69. The van der Waals surface area contributed by atoms with Crippen molar-refractivity contribution in [3.63, 3.8) is 0 Å². The van der Waals surface area contributed by atoms with Gasteiger partial charge in [0.15, 0.2) is 0 Å². The predicted molar refractivity (Wildman–Crippen MR) is 62.9 cm³/mol. The molecule has 1 aliphatic rings. The normalized spacial score (nSPS) is 27.3. The average Bonchev–Trinajstić information content (AvgIpc) is 2.50. The van der Waals surface area contributed by atoms with E-state index >= 15 is 0 Å². The Bertz CT molecular complexity index is 246. The summed E-state index contributed by atoms with van der Waals surface area (Å²) in [5, 5.41) is 9.06. The van der Waals surface area contributed by atoms with Gasteiger partial charge >= 0.3 is 5.97 Å². The van der Waals surface area contributed by atoms with Gasteiger partial charge < -0.3 is 9.84 Å². The van der Waals surface area contributed by atoms with Gasteiger partial charge in [-0.1, -0.05) is 19.1 Å². The molecule has 0 aromatic heterocycles. The number of carbonyl (C=O) groups is 1. The van der Waals surface area contributed by atoms with E-state index in [0.29, 0.717) is 12.3 Å². The standard InChI is InChI=1S/C13H22O3/c1-10-9-13(15)16-12(10)8-6-4-3-5-7-11(2)14/h4,6,10-12,14H,3,5,7-9H2,1-2H3. The molecule has 0 aliphatic carbocycles. The number of unbranched alkanes of at least 4 members (excludes halogenated alkanes) is 1. The van der Waals surface area contributed by atoms with Gasteiger partial charge in [-0.3, -0.25) is 4.79 Å². The molecule has 1 heterocycles. The van der Waals surface area contributed by atoms with Crippen LogP contribution in [0.5, 0.6) is 0 Å². The third-order valence-electron chi connectivity index (χ3n) is 2.93. The molecule has 0 aromatic carbocycles. The molecule has 3 nitrogen and oxygen atoms in total. The van der Waals surface area contributed by atoms with Gasteiger partial charge in [0.2, 0.25) is 0 Å². The van der Waals surface area contributed by atoms with Crippen LogP contribution in [0.2, 0.25) is 0 Å². The molecule has 1 N–H and O–H groups in total. The Morgan fingerprint density at radius 2 is 2.31 bits per heavy atom. The summed E-state index contributed by atoms with van der Waals surface area (Å²) in [5.74, 6) is 0.273. The number of allylic oxidation sites excluding steroid dienone is 1. The molecule has 1 aliphatic heterocycles. The van der Waals surface area contributed by atoms with E-state index in [2.05, 4.69) is 19.1 Å². The third kappa shape index (κ3) is 4.79. The highest BCUT2D eigenvalue weighted by Gasteiger charge is 2.29. The Morgan fingerprint density at radius 1 is 1.56 bits per heavy atom. The Kier molecular flexibility index (Phi) is 5.53. The van der Waals surface area contributed by atoms with Crippen LogP contribution in [0.3, 0.4) is 0 Å². The fourth-order valence-electron chi connectivity index (χ4n) is 1.89. The molecule has 0 spiro atoms. The van der Waals surface area contributed by atoms with Gasteiger partial charge in [-0.15, -0.1) is 0 Å². The van der Waals surface area contributed by atoms with E-state index in [9.17, 15) is 4.79 Å². The number of aliphatic hydroxyl groups is 1. The Morgan fingerprint density at radius 3 is 2.88 bits per heavy atom. The van der Waals surface area contributed by atoms with E-state index in [1.807, 2.05) is 6.92 Å². The quantitative estimate of drug-likeness (QED) is 0.430. The van der Waals surface area contributed by atoms with Gasteiger partial charge in [0.1, 0.15) is 6.10 Å². The molecule has 16 heavy (non-hydrogen) atoms. The van der Waals surface area contributed by atoms with E-state index in [-0.39, 0.29) is 18.2 Å². The number of carbonyl (C=O) groups excluding carboxylic acids is 1. The van der Waals surface area contributed by atoms with Crippen LogP contribution in [0, 0.1) is 5.92 Å². The first-order valence-corrected chi connectivity index (χ1v) is 6.12. The van der Waals surface area contributed by atoms with Crippen molar-refractivity contribution in [1.29, 1.82) is 0 Å². The first-order valence-electron chi connectivity index (χ1n) is 6.12. The van der Waals surface area contributed by atoms with Crippen molar-refractivity contribution in [2.75, 3.05) is 0 Å². The molecular formula is C13H22O3. The van der Waals surface area contributed by atoms with E-state index < -0.39 is 0 Å². The molecule has 0 radical (unpaired) electrons. The zero-order valence-corrected chi connectivity index (χ0v) is 10.2. The summed E-state index contributed by atoms with van der Waals surface area (Å²) >= 11 is 0. The Hall–Kier alpha value is -0.830. The predicted octanol–water partition coefficient (Wildman–Crippen LogP) is 2.44. The first-order chi connectivity index (χ1) is 7.59. The van der Waals surface area contributed by atoms with Gasteiger partial charge in [0, 0.05) is 12.3 Å². The lowest BCUT2D eigenvalue weighted by Gasteiger charge is -2.10. The largest absolute Gasteiger partial charge is 0.462 e. The van der Waals surface area contributed by atoms with Crippen LogP contribution in [0.1, 0.15) is 46.0 Å². The van der Waals surface area contributed by atoms with Gasteiger partial charge in [-0.05, 0) is 26.2 Å². The zero-order valence-electron chi connectivity index (χ0n) is 10.2. The molecule has 1 saturated heterocycles. The number of cyclic esters (lactones) is 1. The fourth-order valence-corrected chi connectivity index (χ4v) is 1.89. The molecule has 3 atom stereocenters. The molecule has 0 saturated carbocycles. The summed E-state index contributed by atoms with van der Waals surface area (Å²) in [7, 11) is 0. The molecular weight excluding hydrogens is 204 g/mol. The van der Waals surface area contributed by atoms with E-state index in [1.165, 1.54) is 0 Å². The minimum atomic E-state index is -0.204. The lowest BCUT2D eigenvalue weighted by molar-refractivity contribution is -0.141. The van der Waals surface area contributed by atoms with Gasteiger partial charge in [-0.2, -0.15) is 0 Å². The van der Waals surface area contributed by atoms with Crippen LogP contribution in [-0.2, 0) is 9.53 Å². The molecule has 3 heteroatoms. The highest BCUT2D eigenvalue weighted by atomic mass is 16.5. The van der Waals surface area contributed by atoms with Crippen molar-refractivity contribution in [1.82, 2.24) is 0 Å². The van der Waals surface area contributed by atoms with Crippen LogP contribution in [-0.4, -0.2) is 23.3 Å². The van der Waals surface area contributed by atoms with Gasteiger partial charge in [0.25, 0.3) is 0 Å². The Balaban J connectivity index is 2.10. The molecule has 0 amide bonds. The summed E-state index contributed by atoms with van der Waals surface area (Å²) in [6.07, 6.45) is 8.28. The molecule has 1 fully saturated rings. The van der Waals surface area contributed by atoms with Crippen molar-refractivity contribution < 1.29 is 14.6 Å². The van der Waals surface area contributed by atoms with Crippen molar-refractivity contribution in [3.8, 4) is 0 Å². The van der Waals surface area contributed by atoms with Gasteiger partial charge in [0.05, 0.1) is 12.5 Å². The number of esters is 1. The fraction of sp³-hybridized carbons (Fsp3) is 0.769. The van der Waals surface area contributed by atoms with Crippen LogP contribution in [0.4, 0.5) is 0 Å². The lowest BCUT2D eigenvalue weighted by Crippen LogP contribution is -2.11. The summed E-state index contributed by atoms with van der Waals surface area (Å²) in [6, 6.07) is 0. The minimum Gasteiger partial charge on any atom is -0.462 e. The SMILES string of the molecule is CC(O)CCCC=CCC1OC(=O)CC1C. The lowest BCUT2D eigenvalue weighted by atomic mass is 10.0. The number of aliphatic hydroxyl groups excluding tert-OH is 1.